The van der Waals surface area contributed by atoms with E-state index in [1.807, 2.05) is 6.92 Å². The Hall–Kier alpha value is -1.04. The zero-order valence-corrected chi connectivity index (χ0v) is 12.2. The van der Waals surface area contributed by atoms with Crippen molar-refractivity contribution in [2.45, 2.75) is 45.1 Å². The standard InChI is InChI=1S/C13H22N2O3S/c1-2-15(12-7-8-19(17,18)10-12)13(16)14-9-11-5-3-4-6-11/h9,12H,2-8,10H2,1H3,(H,14,16). The summed E-state index contributed by atoms with van der Waals surface area (Å²) in [6, 6.07) is -0.346. The third kappa shape index (κ3) is 3.72. The largest absolute Gasteiger partial charge is 0.321 e. The number of amides is 2. The summed E-state index contributed by atoms with van der Waals surface area (Å²) in [5.41, 5.74) is 1.28. The van der Waals surface area contributed by atoms with Crippen LogP contribution in [0.2, 0.25) is 0 Å². The van der Waals surface area contributed by atoms with Gasteiger partial charge in [-0.2, -0.15) is 0 Å². The van der Waals surface area contributed by atoms with Crippen LogP contribution in [0, 0.1) is 0 Å². The molecule has 108 valence electrons. The van der Waals surface area contributed by atoms with E-state index in [1.54, 1.807) is 11.1 Å². The third-order valence-corrected chi connectivity index (χ3v) is 5.65. The van der Waals surface area contributed by atoms with E-state index in [1.165, 1.54) is 18.4 Å². The molecule has 1 aliphatic heterocycles. The van der Waals surface area contributed by atoms with E-state index in [9.17, 15) is 13.2 Å². The minimum absolute atomic E-state index is 0.102. The van der Waals surface area contributed by atoms with Crippen LogP contribution >= 0.6 is 0 Å². The Kier molecular flexibility index (Phi) is 4.50. The summed E-state index contributed by atoms with van der Waals surface area (Å²) in [7, 11) is -2.95. The first-order chi connectivity index (χ1) is 9.02. The van der Waals surface area contributed by atoms with Gasteiger partial charge in [-0.05, 0) is 39.0 Å². The highest BCUT2D eigenvalue weighted by atomic mass is 32.2. The highest BCUT2D eigenvalue weighted by molar-refractivity contribution is 7.91. The number of nitrogens with zero attached hydrogens (tertiary/aromatic N) is 1. The molecular weight excluding hydrogens is 264 g/mol. The molecule has 1 atom stereocenters. The number of hydrogen-bond donors (Lipinski definition) is 1. The van der Waals surface area contributed by atoms with Gasteiger partial charge >= 0.3 is 6.03 Å². The molecule has 0 bridgehead atoms. The van der Waals surface area contributed by atoms with Gasteiger partial charge in [0.25, 0.3) is 0 Å². The summed E-state index contributed by atoms with van der Waals surface area (Å²) in [5.74, 6) is 0.299. The van der Waals surface area contributed by atoms with E-state index in [0.717, 1.165) is 12.8 Å². The van der Waals surface area contributed by atoms with Crippen LogP contribution in [-0.2, 0) is 9.84 Å². The SMILES string of the molecule is CCN(C(=O)NC=C1CCCC1)C1CCS(=O)(=O)C1. The molecule has 1 unspecified atom stereocenters. The summed E-state index contributed by atoms with van der Waals surface area (Å²) in [6.07, 6.45) is 6.87. The van der Waals surface area contributed by atoms with Gasteiger partial charge in [-0.1, -0.05) is 5.57 Å². The minimum Gasteiger partial charge on any atom is -0.321 e. The lowest BCUT2D eigenvalue weighted by atomic mass is 10.2. The van der Waals surface area contributed by atoms with E-state index >= 15 is 0 Å². The normalized spacial score (nSPS) is 25.3. The average molecular weight is 286 g/mol. The first-order valence-corrected chi connectivity index (χ1v) is 8.79. The van der Waals surface area contributed by atoms with Gasteiger partial charge in [-0.15, -0.1) is 0 Å². The summed E-state index contributed by atoms with van der Waals surface area (Å²) < 4.78 is 23.0. The monoisotopic (exact) mass is 286 g/mol. The Balaban J connectivity index is 1.93. The maximum atomic E-state index is 12.1. The molecule has 1 N–H and O–H groups in total. The number of nitrogens with one attached hydrogen (secondary N) is 1. The molecule has 0 aromatic rings. The predicted molar refractivity (Wildman–Crippen MR) is 74.5 cm³/mol. The minimum atomic E-state index is -2.95. The lowest BCUT2D eigenvalue weighted by Crippen LogP contribution is -2.45. The quantitative estimate of drug-likeness (QED) is 0.858. The van der Waals surface area contributed by atoms with Crippen molar-refractivity contribution >= 4 is 15.9 Å². The number of rotatable bonds is 3. The van der Waals surface area contributed by atoms with Crippen LogP contribution in [0.3, 0.4) is 0 Å². The van der Waals surface area contributed by atoms with Gasteiger partial charge in [0.2, 0.25) is 0 Å². The molecule has 2 amide bonds. The second kappa shape index (κ2) is 5.94. The lowest BCUT2D eigenvalue weighted by molar-refractivity contribution is 0.187. The van der Waals surface area contributed by atoms with E-state index in [0.29, 0.717) is 13.0 Å². The second-order valence-corrected chi connectivity index (χ2v) is 7.53. The maximum absolute atomic E-state index is 12.1. The highest BCUT2D eigenvalue weighted by Gasteiger charge is 2.33. The summed E-state index contributed by atoms with van der Waals surface area (Å²) in [5, 5.41) is 2.81. The Labute approximate surface area is 115 Å². The smallest absolute Gasteiger partial charge is 0.321 e. The molecule has 5 nitrogen and oxygen atoms in total. The molecule has 1 aliphatic carbocycles. The molecule has 1 saturated heterocycles. The van der Waals surface area contributed by atoms with Gasteiger partial charge in [0, 0.05) is 18.8 Å². The Morgan fingerprint density at radius 1 is 1.42 bits per heavy atom. The second-order valence-electron chi connectivity index (χ2n) is 5.30. The first-order valence-electron chi connectivity index (χ1n) is 6.97. The molecule has 2 aliphatic rings. The maximum Gasteiger partial charge on any atom is 0.321 e. The topological polar surface area (TPSA) is 66.5 Å². The number of sulfone groups is 1. The van der Waals surface area contributed by atoms with Crippen molar-refractivity contribution in [3.05, 3.63) is 11.8 Å². The summed E-state index contributed by atoms with van der Waals surface area (Å²) in [6.45, 7) is 2.42. The van der Waals surface area contributed by atoms with Crippen molar-refractivity contribution in [3.63, 3.8) is 0 Å². The molecule has 0 aromatic carbocycles. The number of hydrogen-bond acceptors (Lipinski definition) is 3. The molecule has 1 heterocycles. The van der Waals surface area contributed by atoms with E-state index in [2.05, 4.69) is 5.32 Å². The van der Waals surface area contributed by atoms with Crippen molar-refractivity contribution in [2.24, 2.45) is 0 Å². The van der Waals surface area contributed by atoms with Gasteiger partial charge in [-0.3, -0.25) is 0 Å². The van der Waals surface area contributed by atoms with Crippen LogP contribution < -0.4 is 5.32 Å². The van der Waals surface area contributed by atoms with Crippen LogP contribution in [0.5, 0.6) is 0 Å². The zero-order chi connectivity index (χ0) is 13.9. The molecular formula is C13H22N2O3S. The predicted octanol–water partition coefficient (Wildman–Crippen LogP) is 1.66. The van der Waals surface area contributed by atoms with E-state index in [4.69, 9.17) is 0 Å². The van der Waals surface area contributed by atoms with Crippen LogP contribution in [0.25, 0.3) is 0 Å². The molecule has 0 aromatic heterocycles. The summed E-state index contributed by atoms with van der Waals surface area (Å²) >= 11 is 0. The van der Waals surface area contributed by atoms with Gasteiger partial charge in [0.05, 0.1) is 11.5 Å². The molecule has 1 saturated carbocycles. The lowest BCUT2D eigenvalue weighted by Gasteiger charge is -2.26. The number of urea groups is 1. The Morgan fingerprint density at radius 2 is 2.11 bits per heavy atom. The highest BCUT2D eigenvalue weighted by Crippen LogP contribution is 2.23. The molecule has 0 radical (unpaired) electrons. The Morgan fingerprint density at radius 3 is 2.63 bits per heavy atom. The fourth-order valence-corrected chi connectivity index (χ4v) is 4.54. The van der Waals surface area contributed by atoms with Crippen molar-refractivity contribution in [1.82, 2.24) is 10.2 Å². The van der Waals surface area contributed by atoms with Crippen LogP contribution in [0.15, 0.2) is 11.8 Å². The molecule has 0 spiro atoms. The fourth-order valence-electron chi connectivity index (χ4n) is 2.81. The van der Waals surface area contributed by atoms with E-state index in [-0.39, 0.29) is 23.6 Å². The average Bonchev–Trinajstić information content (AvgIpc) is 2.97. The van der Waals surface area contributed by atoms with Crippen LogP contribution in [0.1, 0.15) is 39.0 Å². The summed E-state index contributed by atoms with van der Waals surface area (Å²) in [4.78, 5) is 13.7. The van der Waals surface area contributed by atoms with Crippen LogP contribution in [0.4, 0.5) is 4.79 Å². The van der Waals surface area contributed by atoms with Gasteiger partial charge in [0.1, 0.15) is 0 Å². The molecule has 19 heavy (non-hydrogen) atoms. The van der Waals surface area contributed by atoms with Crippen molar-refractivity contribution < 1.29 is 13.2 Å². The first kappa shape index (κ1) is 14.4. The van der Waals surface area contributed by atoms with Crippen LogP contribution in [-0.4, -0.2) is 43.4 Å². The molecule has 2 rings (SSSR count). The Bertz CT molecular complexity index is 462. The zero-order valence-electron chi connectivity index (χ0n) is 11.4. The third-order valence-electron chi connectivity index (χ3n) is 3.90. The van der Waals surface area contributed by atoms with Gasteiger partial charge in [0.15, 0.2) is 9.84 Å². The fraction of sp³-hybridized carbons (Fsp3) is 0.769. The number of allylic oxidation sites excluding steroid dienone is 1. The molecule has 6 heteroatoms. The van der Waals surface area contributed by atoms with Crippen molar-refractivity contribution in [3.8, 4) is 0 Å². The van der Waals surface area contributed by atoms with Gasteiger partial charge < -0.3 is 10.2 Å². The number of carbonyl (C=O) groups is 1. The van der Waals surface area contributed by atoms with Crippen molar-refractivity contribution in [2.75, 3.05) is 18.1 Å². The van der Waals surface area contributed by atoms with Gasteiger partial charge in [-0.25, -0.2) is 13.2 Å². The number of carbonyl (C=O) groups excluding carboxylic acids is 1. The molecule has 2 fully saturated rings. The van der Waals surface area contributed by atoms with Crippen molar-refractivity contribution in [1.29, 1.82) is 0 Å². The van der Waals surface area contributed by atoms with E-state index < -0.39 is 9.84 Å².